The predicted octanol–water partition coefficient (Wildman–Crippen LogP) is -0.371. The summed E-state index contributed by atoms with van der Waals surface area (Å²) < 4.78 is 0. The van der Waals surface area contributed by atoms with Gasteiger partial charge in [0.2, 0.25) is 0 Å². The van der Waals surface area contributed by atoms with Crippen LogP contribution in [0.2, 0.25) is 0 Å². The predicted molar refractivity (Wildman–Crippen MR) is 66.5 cm³/mol. The van der Waals surface area contributed by atoms with Crippen molar-refractivity contribution in [3.05, 3.63) is 0 Å². The normalized spacial score (nSPS) is 3.90. The van der Waals surface area contributed by atoms with Crippen LogP contribution in [0.25, 0.3) is 0 Å². The third-order valence-electron chi connectivity index (χ3n) is 0. The Kier molecular flexibility index (Phi) is 174. The number of hydrogen-bond acceptors (Lipinski definition) is 8. The maximum atomic E-state index is 8.89. The number of nitrogens with zero attached hydrogens (tertiary/aromatic N) is 4. The van der Waals surface area contributed by atoms with Gasteiger partial charge in [0.05, 0.1) is 24.3 Å². The SMILES string of the molecule is CC#N.CC#N.CC#N.CC#N.CC(=O)[O-].CC(=O)[O-].[Cu+2]. The van der Waals surface area contributed by atoms with Crippen LogP contribution < -0.4 is 10.2 Å². The fourth-order valence-electron chi connectivity index (χ4n) is 0. The van der Waals surface area contributed by atoms with Crippen LogP contribution in [0.5, 0.6) is 0 Å². The van der Waals surface area contributed by atoms with Crippen molar-refractivity contribution >= 4 is 11.9 Å². The summed E-state index contributed by atoms with van der Waals surface area (Å²) in [4.78, 5) is 17.8. The molecule has 0 saturated heterocycles. The molecular formula is C12H18CuN4O4. The number of aliphatic carboxylic acids is 2. The van der Waals surface area contributed by atoms with Gasteiger partial charge in [-0.3, -0.25) is 0 Å². The van der Waals surface area contributed by atoms with Gasteiger partial charge in [0.25, 0.3) is 0 Å². The minimum absolute atomic E-state index is 0. The summed E-state index contributed by atoms with van der Waals surface area (Å²) >= 11 is 0. The van der Waals surface area contributed by atoms with E-state index in [9.17, 15) is 0 Å². The van der Waals surface area contributed by atoms with Crippen molar-refractivity contribution in [3.63, 3.8) is 0 Å². The molecule has 9 heteroatoms. The van der Waals surface area contributed by atoms with Crippen molar-refractivity contribution in [2.45, 2.75) is 41.5 Å². The van der Waals surface area contributed by atoms with E-state index in [-0.39, 0.29) is 17.1 Å². The molecule has 0 saturated carbocycles. The van der Waals surface area contributed by atoms with E-state index in [0.717, 1.165) is 13.8 Å². The van der Waals surface area contributed by atoms with Gasteiger partial charge < -0.3 is 19.8 Å². The number of carboxylic acid groups (broad SMARTS) is 2. The number of carbonyl (C=O) groups is 2. The van der Waals surface area contributed by atoms with Crippen LogP contribution >= 0.6 is 0 Å². The Bertz CT molecular complexity index is 291. The van der Waals surface area contributed by atoms with Crippen molar-refractivity contribution in [2.75, 3.05) is 0 Å². The first kappa shape index (κ1) is 42.9. The zero-order valence-corrected chi connectivity index (χ0v) is 13.7. The summed E-state index contributed by atoms with van der Waals surface area (Å²) in [6.45, 7) is 7.67. The summed E-state index contributed by atoms with van der Waals surface area (Å²) in [6, 6.07) is 7.00. The van der Waals surface area contributed by atoms with Crippen LogP contribution in [0.15, 0.2) is 0 Å². The summed E-state index contributed by atoms with van der Waals surface area (Å²) in [5.74, 6) is -2.17. The van der Waals surface area contributed by atoms with E-state index in [4.69, 9.17) is 40.8 Å². The maximum Gasteiger partial charge on any atom is 2.00 e. The van der Waals surface area contributed by atoms with Gasteiger partial charge in [-0.15, -0.1) is 0 Å². The number of carbonyl (C=O) groups excluding carboxylic acids is 2. The molecule has 0 aromatic heterocycles. The number of rotatable bonds is 0. The van der Waals surface area contributed by atoms with Crippen LogP contribution in [0.1, 0.15) is 41.5 Å². The Morgan fingerprint density at radius 3 is 0.667 bits per heavy atom. The Morgan fingerprint density at radius 1 is 0.667 bits per heavy atom. The van der Waals surface area contributed by atoms with E-state index in [1.54, 1.807) is 24.3 Å². The second-order valence-corrected chi connectivity index (χ2v) is 1.88. The van der Waals surface area contributed by atoms with Crippen LogP contribution in [-0.4, -0.2) is 11.9 Å². The van der Waals surface area contributed by atoms with E-state index in [1.807, 2.05) is 0 Å². The summed E-state index contributed by atoms with van der Waals surface area (Å²) in [5, 5.41) is 47.1. The van der Waals surface area contributed by atoms with Gasteiger partial charge in [-0.2, -0.15) is 21.0 Å². The molecule has 121 valence electrons. The molecule has 21 heavy (non-hydrogen) atoms. The molecule has 0 aliphatic rings. The molecule has 0 unspecified atom stereocenters. The Labute approximate surface area is 136 Å². The van der Waals surface area contributed by atoms with E-state index in [2.05, 4.69) is 0 Å². The monoisotopic (exact) mass is 345 g/mol. The van der Waals surface area contributed by atoms with Crippen molar-refractivity contribution in [1.82, 2.24) is 0 Å². The molecule has 0 rings (SSSR count). The number of nitriles is 4. The third-order valence-corrected chi connectivity index (χ3v) is 0. The molecule has 0 aromatic carbocycles. The average Bonchev–Trinajstić information content (AvgIpc) is 2.18. The fraction of sp³-hybridized carbons (Fsp3) is 0.500. The molecule has 0 bridgehead atoms. The molecule has 0 amide bonds. The van der Waals surface area contributed by atoms with E-state index in [0.29, 0.717) is 0 Å². The minimum atomic E-state index is -1.08. The molecule has 0 heterocycles. The minimum Gasteiger partial charge on any atom is -0.550 e. The van der Waals surface area contributed by atoms with Gasteiger partial charge >= 0.3 is 17.1 Å². The van der Waals surface area contributed by atoms with Crippen molar-refractivity contribution < 1.29 is 36.9 Å². The molecule has 8 nitrogen and oxygen atoms in total. The first-order valence-corrected chi connectivity index (χ1v) is 4.71. The van der Waals surface area contributed by atoms with Crippen molar-refractivity contribution in [2.24, 2.45) is 0 Å². The van der Waals surface area contributed by atoms with Crippen LogP contribution in [0.3, 0.4) is 0 Å². The van der Waals surface area contributed by atoms with Crippen LogP contribution in [0.4, 0.5) is 0 Å². The largest absolute Gasteiger partial charge is 2.00 e. The van der Waals surface area contributed by atoms with Gasteiger partial charge in [-0.25, -0.2) is 0 Å². The smallest absolute Gasteiger partial charge is 0.550 e. The van der Waals surface area contributed by atoms with Gasteiger partial charge in [0.15, 0.2) is 0 Å². The van der Waals surface area contributed by atoms with Gasteiger partial charge in [0, 0.05) is 39.6 Å². The van der Waals surface area contributed by atoms with Gasteiger partial charge in [-0.1, -0.05) is 0 Å². The van der Waals surface area contributed by atoms with E-state index in [1.165, 1.54) is 27.7 Å². The molecular weight excluding hydrogens is 328 g/mol. The molecule has 0 aliphatic heterocycles. The first-order chi connectivity index (χ1) is 9.12. The second-order valence-electron chi connectivity index (χ2n) is 1.88. The number of hydrogen-bond donors (Lipinski definition) is 0. The van der Waals surface area contributed by atoms with Gasteiger partial charge in [0.1, 0.15) is 0 Å². The third kappa shape index (κ3) is 622. The first-order valence-electron chi connectivity index (χ1n) is 4.71. The van der Waals surface area contributed by atoms with Crippen LogP contribution in [0, 0.1) is 45.3 Å². The molecule has 0 atom stereocenters. The Hall–Kier alpha value is -2.58. The molecule has 0 aromatic rings. The molecule has 1 radical (unpaired) electrons. The Balaban J connectivity index is -0.0000000223. The van der Waals surface area contributed by atoms with E-state index < -0.39 is 11.9 Å². The topological polar surface area (TPSA) is 175 Å². The van der Waals surface area contributed by atoms with Gasteiger partial charge in [-0.05, 0) is 13.8 Å². The van der Waals surface area contributed by atoms with Crippen molar-refractivity contribution in [3.8, 4) is 24.3 Å². The summed E-state index contributed by atoms with van der Waals surface area (Å²) in [6.07, 6.45) is 0. The molecule has 0 spiro atoms. The molecule has 0 fully saturated rings. The number of carboxylic acids is 2. The summed E-state index contributed by atoms with van der Waals surface area (Å²) in [5.41, 5.74) is 0. The van der Waals surface area contributed by atoms with Crippen LogP contribution in [-0.2, 0) is 26.7 Å². The zero-order valence-electron chi connectivity index (χ0n) is 12.7. The maximum absolute atomic E-state index is 8.89. The average molecular weight is 346 g/mol. The van der Waals surface area contributed by atoms with E-state index >= 15 is 0 Å². The van der Waals surface area contributed by atoms with Crippen molar-refractivity contribution in [1.29, 1.82) is 21.0 Å². The zero-order chi connectivity index (χ0) is 18.0. The standard InChI is InChI=1S/4C2H3N.2C2H4O2.Cu/c4*1-2-3;2*1-2(3)4;/h4*1H3;2*1H3,(H,3,4);/q;;;;;;+2/p-2. The molecule has 0 aliphatic carbocycles. The Morgan fingerprint density at radius 2 is 0.667 bits per heavy atom. The fourth-order valence-corrected chi connectivity index (χ4v) is 0. The quantitative estimate of drug-likeness (QED) is 0.533. The molecule has 0 N–H and O–H groups in total. The second kappa shape index (κ2) is 85.3. The summed E-state index contributed by atoms with van der Waals surface area (Å²) in [7, 11) is 0.